The molecule has 31 heteroatoms. The van der Waals surface area contributed by atoms with Gasteiger partial charge in [-0.25, -0.2) is 9.59 Å². The Hall–Kier alpha value is -10.6. The zero-order chi connectivity index (χ0) is 92.8. The van der Waals surface area contributed by atoms with Gasteiger partial charge in [-0.2, -0.15) is 0 Å². The Kier molecular flexibility index (Phi) is 36.5. The van der Waals surface area contributed by atoms with E-state index in [2.05, 4.69) is 37.2 Å². The number of benzene rings is 4. The molecule has 680 valence electrons. The highest BCUT2D eigenvalue weighted by Gasteiger charge is 2.78. The van der Waals surface area contributed by atoms with Gasteiger partial charge in [0.1, 0.15) is 48.6 Å². The minimum atomic E-state index is -2.58. The van der Waals surface area contributed by atoms with Gasteiger partial charge in [0.15, 0.2) is 23.3 Å². The number of carbonyl (C=O) groups excluding carboxylic acids is 14. The maximum absolute atomic E-state index is 16.0. The molecule has 7 amide bonds. The highest BCUT2D eigenvalue weighted by atomic mass is 16.6. The van der Waals surface area contributed by atoms with Crippen molar-refractivity contribution in [2.45, 2.75) is 267 Å². The smallest absolute Gasteiger partial charge is 0.350 e. The molecular weight excluding hydrogens is 1600 g/mol. The minimum Gasteiger partial charge on any atom is -0.455 e. The Balaban J connectivity index is 0.000000722. The zero-order valence-electron chi connectivity index (χ0n) is 74.9. The topological polar surface area (TPSA) is 459 Å². The van der Waals surface area contributed by atoms with Gasteiger partial charge in [0.2, 0.25) is 41.5 Å². The molecule has 0 radical (unpaired) electrons. The Morgan fingerprint density at radius 1 is 0.605 bits per heavy atom. The van der Waals surface area contributed by atoms with Crippen LogP contribution in [0.15, 0.2) is 132 Å². The summed E-state index contributed by atoms with van der Waals surface area (Å²) in [6.45, 7) is 30.1. The molecule has 0 spiro atoms. The Bertz CT molecular complexity index is 4440. The van der Waals surface area contributed by atoms with E-state index in [1.54, 1.807) is 126 Å². The fraction of sp³-hybridized carbons (Fsp3) is 0.570. The third-order valence-corrected chi connectivity index (χ3v) is 24.1. The fourth-order valence-electron chi connectivity index (χ4n) is 15.3. The zero-order valence-corrected chi connectivity index (χ0v) is 74.9. The molecule has 3 aliphatic carbocycles. The number of fused-ring (bicyclic) bond motifs is 5. The second-order valence-electron chi connectivity index (χ2n) is 35.6. The van der Waals surface area contributed by atoms with Crippen molar-refractivity contribution in [3.05, 3.63) is 155 Å². The molecule has 1 heterocycles. The van der Waals surface area contributed by atoms with Gasteiger partial charge in [0.25, 0.3) is 5.91 Å². The first kappa shape index (κ1) is 102. The summed E-state index contributed by atoms with van der Waals surface area (Å²) < 4.78 is 37.2. The van der Waals surface area contributed by atoms with Crippen LogP contribution in [0.2, 0.25) is 0 Å². The standard InChI is InChI=1S/C72H87N5O19.C12H23NO3.C9H19NO2/c1-12-68(7,8)67(89)74-37-53(81)75-49(34-44-25-17-13-18-26-44)64(86)76-48(33-40(2)3)63(85)73-38-54(82)94-58(56(45-27-19-14-20-28-45)77-62(84)46-29-21-15-22-30-46)66(88)93-50-36-72(90)61(95-65(87)47-31-23-16-24-32-47)59-70(11,51(80)35-52-71(59,39-91-52)96-43(6)79)60(83)57(92-42(5)78)55(41(50)4)69(72,9)10;1-5-12(3,4)11(16)13-8-10(15)7-6-9(2)14;1-5-9(3,4)8(12)10-6-7(2)11/h13-32,40,48-52,56-59,61,80,90H,12,33-39H2,1-11H3,(H,73,85)(H,74,89)(H,75,81)(H,76,86)(H,77,84);9,14H,5-8H2,1-4H3,(H,13,16);7,11H,5-6H2,1-4H3,(H,10,12)/t48-,49-,50-,51-,52+,56-,57+,58+,59-,61-,70+,71-,72+;;/m0../s1. The van der Waals surface area contributed by atoms with Crippen LogP contribution in [0.4, 0.5) is 0 Å². The maximum atomic E-state index is 16.0. The molecule has 4 aromatic carbocycles. The first-order chi connectivity index (χ1) is 58.0. The van der Waals surface area contributed by atoms with E-state index in [1.165, 1.54) is 64.1 Å². The van der Waals surface area contributed by atoms with Gasteiger partial charge in [-0.05, 0) is 112 Å². The largest absolute Gasteiger partial charge is 0.455 e. The second kappa shape index (κ2) is 44.3. The second-order valence-corrected chi connectivity index (χ2v) is 35.6. The molecule has 1 aliphatic heterocycles. The van der Waals surface area contributed by atoms with Crippen LogP contribution >= 0.6 is 0 Å². The number of aliphatic hydroxyl groups excluding tert-OH is 3. The highest BCUT2D eigenvalue weighted by molar-refractivity contribution is 5.98. The van der Waals surface area contributed by atoms with Crippen molar-refractivity contribution < 1.29 is 116 Å². The number of Topliss-reactive ketones (excluding diaryl/α,β-unsaturated/α-hetero) is 2. The number of aliphatic hydroxyl groups is 4. The van der Waals surface area contributed by atoms with Crippen molar-refractivity contribution in [3.63, 3.8) is 0 Å². The lowest BCUT2D eigenvalue weighted by Gasteiger charge is -2.67. The predicted molar refractivity (Wildman–Crippen MR) is 457 cm³/mol. The van der Waals surface area contributed by atoms with Crippen molar-refractivity contribution in [3.8, 4) is 0 Å². The van der Waals surface area contributed by atoms with Crippen molar-refractivity contribution in [1.82, 2.24) is 37.2 Å². The number of nitrogens with one attached hydrogen (secondary N) is 7. The van der Waals surface area contributed by atoms with E-state index in [-0.39, 0.29) is 88.5 Å². The first-order valence-corrected chi connectivity index (χ1v) is 42.3. The lowest BCUT2D eigenvalue weighted by molar-refractivity contribution is -0.346. The molecule has 2 saturated carbocycles. The van der Waals surface area contributed by atoms with E-state index >= 15 is 9.59 Å². The Morgan fingerprint density at radius 2 is 1.13 bits per heavy atom. The van der Waals surface area contributed by atoms with Gasteiger partial charge < -0.3 is 86.1 Å². The molecule has 124 heavy (non-hydrogen) atoms. The van der Waals surface area contributed by atoms with Crippen LogP contribution in [0.3, 0.4) is 0 Å². The molecule has 3 fully saturated rings. The molecule has 11 N–H and O–H groups in total. The van der Waals surface area contributed by atoms with Crippen LogP contribution in [0.5, 0.6) is 0 Å². The SMILES string of the molecule is CCC(C)(C)C(=O)NCC(=O)CCC(C)O.CCC(C)(C)C(=O)NCC(=O)N[C@@H](Cc1ccccc1)C(=O)N[C@@H](CC(C)C)C(=O)NCC(=O)O[C@@H](C(=O)O[C@H]1C[C@@]2(O)[C@@H](OC(=O)c3ccccc3)[C@@H]3[C@]4(OC(C)=O)CO[C@@H]4C[C@H](O)[C@@]3(C)C(=O)[C@H](OC(C)=O)C(=C1C)C2(C)C)[C@@H](NC(=O)c1ccccc1)c1ccccc1.CCC(C)(C)C(=O)NCC(C)O. The summed E-state index contributed by atoms with van der Waals surface area (Å²) in [6.07, 6.45) is -9.81. The summed E-state index contributed by atoms with van der Waals surface area (Å²) in [5.41, 5.74) is -9.14. The first-order valence-electron chi connectivity index (χ1n) is 42.3. The predicted octanol–water partition coefficient (Wildman–Crippen LogP) is 7.40. The Labute approximate surface area is 726 Å². The average Bonchev–Trinajstić information content (AvgIpc) is 0.667. The lowest BCUT2D eigenvalue weighted by atomic mass is 9.44. The molecule has 8 rings (SSSR count). The summed E-state index contributed by atoms with van der Waals surface area (Å²) >= 11 is 0. The van der Waals surface area contributed by atoms with E-state index in [0.29, 0.717) is 31.4 Å². The number of hydrogen-bond acceptors (Lipinski definition) is 24. The van der Waals surface area contributed by atoms with E-state index in [0.717, 1.165) is 26.7 Å². The van der Waals surface area contributed by atoms with Crippen molar-refractivity contribution in [1.29, 1.82) is 0 Å². The lowest BCUT2D eigenvalue weighted by Crippen LogP contribution is -2.82. The quantitative estimate of drug-likeness (QED) is 0.0120. The van der Waals surface area contributed by atoms with Gasteiger partial charge >= 0.3 is 29.8 Å². The van der Waals surface area contributed by atoms with Gasteiger partial charge in [0, 0.05) is 73.3 Å². The number of esters is 5. The molecule has 4 aliphatic rings. The van der Waals surface area contributed by atoms with Crippen LogP contribution in [0.25, 0.3) is 0 Å². The molecular formula is C93H129N7O24. The van der Waals surface area contributed by atoms with Gasteiger partial charge in [0.05, 0.1) is 54.9 Å². The molecule has 2 unspecified atom stereocenters. The minimum absolute atomic E-state index is 0.00546. The number of hydrogen-bond donors (Lipinski definition) is 11. The molecule has 0 aromatic heterocycles. The Morgan fingerprint density at radius 3 is 1.63 bits per heavy atom. The summed E-state index contributed by atoms with van der Waals surface area (Å²) in [6, 6.07) is 28.0. The molecule has 1 saturated heterocycles. The van der Waals surface area contributed by atoms with E-state index < -0.39 is 191 Å². The molecule has 2 bridgehead atoms. The molecule has 31 nitrogen and oxygen atoms in total. The highest BCUT2D eigenvalue weighted by Crippen LogP contribution is 2.64. The summed E-state index contributed by atoms with van der Waals surface area (Å²) in [4.78, 5) is 191. The third kappa shape index (κ3) is 26.0. The summed E-state index contributed by atoms with van der Waals surface area (Å²) in [7, 11) is 0. The number of rotatable bonds is 36. The normalized spacial score (nSPS) is 22.7. The maximum Gasteiger partial charge on any atom is 0.350 e. The van der Waals surface area contributed by atoms with Crippen LogP contribution < -0.4 is 37.2 Å². The van der Waals surface area contributed by atoms with Crippen molar-refractivity contribution in [2.24, 2.45) is 38.9 Å². The third-order valence-electron chi connectivity index (χ3n) is 24.1. The summed E-state index contributed by atoms with van der Waals surface area (Å²) in [5, 5.41) is 63.1. The number of ether oxygens (including phenoxy) is 6. The van der Waals surface area contributed by atoms with Crippen LogP contribution in [-0.2, 0) is 92.4 Å². The number of carbonyl (C=O) groups is 14. The van der Waals surface area contributed by atoms with Gasteiger partial charge in [-0.1, -0.05) is 187 Å². The van der Waals surface area contributed by atoms with Gasteiger partial charge in [-0.15, -0.1) is 0 Å². The monoisotopic (exact) mass is 1730 g/mol. The van der Waals surface area contributed by atoms with E-state index in [9.17, 15) is 67.7 Å². The molecule has 4 aromatic rings. The van der Waals surface area contributed by atoms with Crippen LogP contribution in [0.1, 0.15) is 221 Å². The van der Waals surface area contributed by atoms with Crippen molar-refractivity contribution in [2.75, 3.05) is 32.8 Å². The van der Waals surface area contributed by atoms with E-state index in [1.807, 2.05) is 48.5 Å². The average molecular weight is 1730 g/mol. The van der Waals surface area contributed by atoms with Gasteiger partial charge in [-0.3, -0.25) is 57.5 Å². The molecule has 15 atom stereocenters. The van der Waals surface area contributed by atoms with Crippen LogP contribution in [0, 0.1) is 38.9 Å². The fourth-order valence-corrected chi connectivity index (χ4v) is 15.3. The van der Waals surface area contributed by atoms with Crippen LogP contribution in [-0.4, -0.2) is 208 Å². The number of ketones is 2. The van der Waals surface area contributed by atoms with E-state index in [4.69, 9.17) is 38.6 Å². The summed E-state index contributed by atoms with van der Waals surface area (Å²) in [5.74, 6) is -11.9. The van der Waals surface area contributed by atoms with Crippen molar-refractivity contribution >= 4 is 82.8 Å². The number of amides is 7.